The molecule has 0 aromatic carbocycles. The summed E-state index contributed by atoms with van der Waals surface area (Å²) < 4.78 is 5.29. The average molecular weight is 251 g/mol. The molecule has 3 saturated carbocycles. The molecule has 1 amide bonds. The first kappa shape index (κ1) is 12.3. The fraction of sp³-hybridized carbons (Fsp3) is 0.933. The minimum atomic E-state index is -0.203. The van der Waals surface area contributed by atoms with Crippen LogP contribution in [0.4, 0.5) is 4.79 Å². The number of ether oxygens (including phenoxy) is 1. The molecule has 102 valence electrons. The van der Waals surface area contributed by atoms with Crippen LogP contribution in [0, 0.1) is 23.7 Å². The minimum absolute atomic E-state index is 0.0307. The zero-order valence-electron chi connectivity index (χ0n) is 11.7. The molecular formula is C15H25NO2. The van der Waals surface area contributed by atoms with E-state index in [1.807, 2.05) is 13.8 Å². The molecule has 3 aliphatic carbocycles. The molecule has 0 aliphatic heterocycles. The van der Waals surface area contributed by atoms with Gasteiger partial charge < -0.3 is 10.1 Å². The number of alkyl carbamates (subject to hydrolysis) is 1. The van der Waals surface area contributed by atoms with E-state index < -0.39 is 0 Å². The first-order chi connectivity index (χ1) is 8.48. The number of rotatable bonds is 2. The summed E-state index contributed by atoms with van der Waals surface area (Å²) in [6, 6.07) is 0. The summed E-state index contributed by atoms with van der Waals surface area (Å²) in [5.41, 5.74) is 0.0667. The number of amides is 1. The largest absolute Gasteiger partial charge is 0.447 e. The van der Waals surface area contributed by atoms with E-state index in [2.05, 4.69) is 12.2 Å². The second-order valence-corrected chi connectivity index (χ2v) is 7.19. The van der Waals surface area contributed by atoms with Crippen molar-refractivity contribution in [3.8, 4) is 0 Å². The fourth-order valence-corrected chi connectivity index (χ4v) is 5.11. The third kappa shape index (κ3) is 1.92. The Kier molecular flexibility index (Phi) is 2.83. The SMILES string of the molecule is CC(C)OC(=O)NC12C[C@H](C)C[C@@H]3C[C@H](C[C@H]31)C2. The monoisotopic (exact) mass is 251 g/mol. The molecule has 18 heavy (non-hydrogen) atoms. The maximum absolute atomic E-state index is 12.0. The van der Waals surface area contributed by atoms with Crippen LogP contribution in [0.1, 0.15) is 52.9 Å². The van der Waals surface area contributed by atoms with Crippen molar-refractivity contribution in [2.45, 2.75) is 64.5 Å². The molecule has 3 rings (SSSR count). The van der Waals surface area contributed by atoms with Gasteiger partial charge in [0.1, 0.15) is 0 Å². The summed E-state index contributed by atoms with van der Waals surface area (Å²) in [5, 5.41) is 3.26. The summed E-state index contributed by atoms with van der Waals surface area (Å²) in [5.74, 6) is 3.17. The molecule has 0 spiro atoms. The van der Waals surface area contributed by atoms with E-state index in [-0.39, 0.29) is 17.7 Å². The molecular weight excluding hydrogens is 226 g/mol. The zero-order chi connectivity index (χ0) is 12.9. The third-order valence-corrected chi connectivity index (χ3v) is 5.27. The van der Waals surface area contributed by atoms with Crippen LogP contribution in [0.2, 0.25) is 0 Å². The summed E-state index contributed by atoms with van der Waals surface area (Å²) >= 11 is 0. The standard InChI is InChI=1S/C15H25NO2/c1-9(2)18-14(17)16-15-7-10(3)4-12-5-11(8-15)6-13(12)15/h9-13H,4-8H2,1-3H3,(H,16,17)/t10-,11-,12-,13-,15?/m1/s1. The lowest BCUT2D eigenvalue weighted by molar-refractivity contribution is 0.0447. The Balaban J connectivity index is 1.74. The molecule has 2 bridgehead atoms. The minimum Gasteiger partial charge on any atom is -0.447 e. The van der Waals surface area contributed by atoms with Crippen LogP contribution < -0.4 is 5.32 Å². The highest BCUT2D eigenvalue weighted by Crippen LogP contribution is 2.60. The fourth-order valence-electron chi connectivity index (χ4n) is 5.11. The highest BCUT2D eigenvalue weighted by atomic mass is 16.6. The smallest absolute Gasteiger partial charge is 0.407 e. The zero-order valence-corrected chi connectivity index (χ0v) is 11.7. The van der Waals surface area contributed by atoms with Gasteiger partial charge in [-0.15, -0.1) is 0 Å². The van der Waals surface area contributed by atoms with Crippen molar-refractivity contribution in [1.29, 1.82) is 0 Å². The Labute approximate surface area is 110 Å². The van der Waals surface area contributed by atoms with Gasteiger partial charge in [0.15, 0.2) is 0 Å². The van der Waals surface area contributed by atoms with Crippen LogP contribution in [-0.2, 0) is 4.74 Å². The Morgan fingerprint density at radius 1 is 1.28 bits per heavy atom. The van der Waals surface area contributed by atoms with E-state index in [0.717, 1.165) is 30.1 Å². The van der Waals surface area contributed by atoms with Gasteiger partial charge in [-0.25, -0.2) is 4.79 Å². The van der Waals surface area contributed by atoms with E-state index in [9.17, 15) is 4.79 Å². The third-order valence-electron chi connectivity index (χ3n) is 5.27. The second kappa shape index (κ2) is 4.14. The van der Waals surface area contributed by atoms with Gasteiger partial charge in [-0.1, -0.05) is 6.92 Å². The van der Waals surface area contributed by atoms with Crippen LogP contribution >= 0.6 is 0 Å². The van der Waals surface area contributed by atoms with Crippen molar-refractivity contribution < 1.29 is 9.53 Å². The second-order valence-electron chi connectivity index (χ2n) is 7.19. The topological polar surface area (TPSA) is 38.3 Å². The molecule has 3 fully saturated rings. The molecule has 0 radical (unpaired) electrons. The lowest BCUT2D eigenvalue weighted by atomic mass is 9.63. The Morgan fingerprint density at radius 2 is 2.06 bits per heavy atom. The molecule has 0 aromatic heterocycles. The van der Waals surface area contributed by atoms with E-state index in [1.54, 1.807) is 0 Å². The molecule has 1 unspecified atom stereocenters. The van der Waals surface area contributed by atoms with Gasteiger partial charge in [-0.2, -0.15) is 0 Å². The van der Waals surface area contributed by atoms with Gasteiger partial charge in [0.05, 0.1) is 6.10 Å². The molecule has 0 saturated heterocycles. The van der Waals surface area contributed by atoms with Gasteiger partial charge in [0.25, 0.3) is 0 Å². The first-order valence-corrected chi connectivity index (χ1v) is 7.47. The van der Waals surface area contributed by atoms with Crippen LogP contribution in [0.5, 0.6) is 0 Å². The summed E-state index contributed by atoms with van der Waals surface area (Å²) in [6.07, 6.45) is 6.20. The van der Waals surface area contributed by atoms with Crippen molar-refractivity contribution in [2.24, 2.45) is 23.7 Å². The number of carbonyl (C=O) groups is 1. The number of nitrogens with one attached hydrogen (secondary N) is 1. The van der Waals surface area contributed by atoms with Crippen molar-refractivity contribution in [3.63, 3.8) is 0 Å². The quantitative estimate of drug-likeness (QED) is 0.817. The van der Waals surface area contributed by atoms with E-state index >= 15 is 0 Å². The van der Waals surface area contributed by atoms with Crippen LogP contribution in [-0.4, -0.2) is 17.7 Å². The van der Waals surface area contributed by atoms with Crippen molar-refractivity contribution in [1.82, 2.24) is 5.32 Å². The highest BCUT2D eigenvalue weighted by Gasteiger charge is 2.59. The normalized spacial score (nSPS) is 45.3. The maximum atomic E-state index is 12.0. The maximum Gasteiger partial charge on any atom is 0.407 e. The summed E-state index contributed by atoms with van der Waals surface area (Å²) in [6.45, 7) is 6.15. The molecule has 0 aromatic rings. The lowest BCUT2D eigenvalue weighted by Gasteiger charge is -2.48. The predicted molar refractivity (Wildman–Crippen MR) is 70.2 cm³/mol. The molecule has 3 nitrogen and oxygen atoms in total. The van der Waals surface area contributed by atoms with Crippen LogP contribution in [0.3, 0.4) is 0 Å². The molecule has 3 aliphatic rings. The van der Waals surface area contributed by atoms with Crippen LogP contribution in [0.25, 0.3) is 0 Å². The number of carbonyl (C=O) groups excluding carboxylic acids is 1. The predicted octanol–water partition coefficient (Wildman–Crippen LogP) is 3.34. The highest BCUT2D eigenvalue weighted by molar-refractivity contribution is 5.68. The summed E-state index contributed by atoms with van der Waals surface area (Å²) in [4.78, 5) is 12.0. The lowest BCUT2D eigenvalue weighted by Crippen LogP contribution is -2.57. The van der Waals surface area contributed by atoms with Crippen LogP contribution in [0.15, 0.2) is 0 Å². The first-order valence-electron chi connectivity index (χ1n) is 7.47. The van der Waals surface area contributed by atoms with E-state index in [0.29, 0.717) is 0 Å². The molecule has 0 heterocycles. The average Bonchev–Trinajstić information content (AvgIpc) is 2.70. The number of hydrogen-bond donors (Lipinski definition) is 1. The van der Waals surface area contributed by atoms with Crippen molar-refractivity contribution in [3.05, 3.63) is 0 Å². The Hall–Kier alpha value is -0.730. The molecule has 1 N–H and O–H groups in total. The van der Waals surface area contributed by atoms with Gasteiger partial charge in [-0.05, 0) is 69.6 Å². The Bertz CT molecular complexity index is 354. The number of fused-ring (bicyclic) bond motifs is 1. The van der Waals surface area contributed by atoms with Gasteiger partial charge >= 0.3 is 6.09 Å². The van der Waals surface area contributed by atoms with E-state index in [1.165, 1.54) is 25.7 Å². The summed E-state index contributed by atoms with van der Waals surface area (Å²) in [7, 11) is 0. The van der Waals surface area contributed by atoms with E-state index in [4.69, 9.17) is 4.74 Å². The van der Waals surface area contributed by atoms with Gasteiger partial charge in [0.2, 0.25) is 0 Å². The molecule has 3 heteroatoms. The number of hydrogen-bond acceptors (Lipinski definition) is 2. The van der Waals surface area contributed by atoms with Crippen molar-refractivity contribution in [2.75, 3.05) is 0 Å². The Morgan fingerprint density at radius 3 is 2.72 bits per heavy atom. The van der Waals surface area contributed by atoms with Gasteiger partial charge in [-0.3, -0.25) is 0 Å². The van der Waals surface area contributed by atoms with Crippen molar-refractivity contribution >= 4 is 6.09 Å². The van der Waals surface area contributed by atoms with Gasteiger partial charge in [0, 0.05) is 5.54 Å². The molecule has 5 atom stereocenters.